The molecule has 3 unspecified atom stereocenters. The van der Waals surface area contributed by atoms with Crippen molar-refractivity contribution in [3.63, 3.8) is 0 Å². The van der Waals surface area contributed by atoms with Gasteiger partial charge in [-0.25, -0.2) is 13.4 Å². The molecule has 2 rings (SSSR count). The Labute approximate surface area is 186 Å². The minimum atomic E-state index is -3.52. The highest BCUT2D eigenvalue weighted by Crippen LogP contribution is 2.19. The van der Waals surface area contributed by atoms with E-state index in [2.05, 4.69) is 15.0 Å². The van der Waals surface area contributed by atoms with Gasteiger partial charge in [-0.3, -0.25) is 9.52 Å². The summed E-state index contributed by atoms with van der Waals surface area (Å²) in [6.45, 7) is 2.04. The van der Waals surface area contributed by atoms with Gasteiger partial charge in [0.25, 0.3) is 5.91 Å². The van der Waals surface area contributed by atoms with Gasteiger partial charge in [-0.15, -0.1) is 11.3 Å². The zero-order valence-corrected chi connectivity index (χ0v) is 19.1. The molecule has 1 heterocycles. The number of phenolic OH excluding ortho intramolecular Hbond substituents is 1. The highest BCUT2D eigenvalue weighted by atomic mass is 32.2. The summed E-state index contributed by atoms with van der Waals surface area (Å²) in [5.41, 5.74) is 0.750. The Balaban J connectivity index is 2.14. The highest BCUT2D eigenvalue weighted by Gasteiger charge is 2.29. The van der Waals surface area contributed by atoms with Crippen molar-refractivity contribution in [2.45, 2.75) is 57.3 Å². The molecule has 5 N–H and O–H groups in total. The smallest absolute Gasteiger partial charge is 0.271 e. The zero-order chi connectivity index (χ0) is 23.0. The molecule has 1 aromatic heterocycles. The molecule has 0 fully saturated rings. The number of benzene rings is 1. The van der Waals surface area contributed by atoms with Gasteiger partial charge >= 0.3 is 0 Å². The molecule has 0 bridgehead atoms. The van der Waals surface area contributed by atoms with Crippen LogP contribution < -0.4 is 10.0 Å². The number of aromatic nitrogens is 1. The van der Waals surface area contributed by atoms with Crippen LogP contribution >= 0.6 is 11.3 Å². The lowest BCUT2D eigenvalue weighted by Crippen LogP contribution is -2.49. The number of hydrogen-bond acceptors (Lipinski definition) is 8. The average molecular weight is 472 g/mol. The van der Waals surface area contributed by atoms with Crippen molar-refractivity contribution < 1.29 is 28.5 Å². The predicted molar refractivity (Wildman–Crippen MR) is 120 cm³/mol. The summed E-state index contributed by atoms with van der Waals surface area (Å²) in [4.78, 5) is 16.7. The number of carbonyl (C=O) groups is 1. The van der Waals surface area contributed by atoms with Gasteiger partial charge in [-0.2, -0.15) is 0 Å². The van der Waals surface area contributed by atoms with Crippen LogP contribution in [0.1, 0.15) is 48.7 Å². The van der Waals surface area contributed by atoms with Gasteiger partial charge in [0.1, 0.15) is 17.5 Å². The number of nitrogens with zero attached hydrogens (tertiary/aromatic N) is 1. The molecule has 2 aromatic rings. The molecule has 172 valence electrons. The fourth-order valence-corrected chi connectivity index (χ4v) is 4.55. The number of amides is 1. The second-order valence-electron chi connectivity index (χ2n) is 7.42. The molecule has 1 aromatic carbocycles. The molecule has 0 saturated heterocycles. The lowest BCUT2D eigenvalue weighted by Gasteiger charge is -2.28. The van der Waals surface area contributed by atoms with Crippen LogP contribution in [0, 0.1) is 0 Å². The molecule has 0 aliphatic carbocycles. The molecule has 1 amide bonds. The molecule has 31 heavy (non-hydrogen) atoms. The van der Waals surface area contributed by atoms with E-state index in [1.807, 2.05) is 6.92 Å². The quantitative estimate of drug-likeness (QED) is 0.297. The van der Waals surface area contributed by atoms with Crippen LogP contribution in [0.4, 0.5) is 5.13 Å². The van der Waals surface area contributed by atoms with Gasteiger partial charge in [0.15, 0.2) is 5.13 Å². The Morgan fingerprint density at radius 1 is 1.19 bits per heavy atom. The molecular weight excluding hydrogens is 442 g/mol. The van der Waals surface area contributed by atoms with Crippen molar-refractivity contribution in [3.8, 4) is 5.75 Å². The summed E-state index contributed by atoms with van der Waals surface area (Å²) in [5.74, 6) is -0.501. The van der Waals surface area contributed by atoms with Gasteiger partial charge in [-0.1, -0.05) is 38.3 Å². The zero-order valence-electron chi connectivity index (χ0n) is 17.5. The van der Waals surface area contributed by atoms with Gasteiger partial charge in [0.05, 0.1) is 18.4 Å². The van der Waals surface area contributed by atoms with Gasteiger partial charge in [-0.05, 0) is 30.5 Å². The number of aliphatic hydroxyl groups is 2. The standard InChI is InChI=1S/C20H29N3O6S2/c1-3-4-5-6-17(25)18(26)15(11-13-7-9-14(24)10-8-13)21-19(27)16-12-30-20(22-16)23-31(2,28)29/h7-10,12,15,17-18,24-26H,3-6,11H2,1-2H3,(H,21,27)(H,22,23). The Morgan fingerprint density at radius 2 is 1.87 bits per heavy atom. The first kappa shape index (κ1) is 25.1. The number of carbonyl (C=O) groups excluding carboxylic acids is 1. The van der Waals surface area contributed by atoms with E-state index in [0.717, 1.165) is 42.4 Å². The highest BCUT2D eigenvalue weighted by molar-refractivity contribution is 7.92. The van der Waals surface area contributed by atoms with Crippen molar-refractivity contribution in [1.29, 1.82) is 0 Å². The normalized spacial score (nSPS) is 14.6. The minimum Gasteiger partial charge on any atom is -0.508 e. The lowest BCUT2D eigenvalue weighted by molar-refractivity contribution is -0.00833. The van der Waals surface area contributed by atoms with E-state index >= 15 is 0 Å². The Bertz CT molecular complexity index is 946. The SMILES string of the molecule is CCCCCC(O)C(O)C(Cc1ccc(O)cc1)NC(=O)c1csc(NS(C)(=O)=O)n1. The molecule has 0 radical (unpaired) electrons. The third-order valence-corrected chi connectivity index (χ3v) is 6.08. The summed E-state index contributed by atoms with van der Waals surface area (Å²) in [6.07, 6.45) is 2.01. The summed E-state index contributed by atoms with van der Waals surface area (Å²) in [6, 6.07) is 5.52. The van der Waals surface area contributed by atoms with E-state index in [1.54, 1.807) is 12.1 Å². The molecule has 0 aliphatic heterocycles. The van der Waals surface area contributed by atoms with E-state index in [9.17, 15) is 28.5 Å². The number of aromatic hydroxyl groups is 1. The van der Waals surface area contributed by atoms with Crippen molar-refractivity contribution in [3.05, 3.63) is 40.9 Å². The van der Waals surface area contributed by atoms with Crippen LogP contribution in [0.5, 0.6) is 5.75 Å². The van der Waals surface area contributed by atoms with Crippen molar-refractivity contribution in [1.82, 2.24) is 10.3 Å². The Hall–Kier alpha value is -2.21. The number of thiazole rings is 1. The third-order valence-electron chi connectivity index (χ3n) is 4.63. The van der Waals surface area contributed by atoms with E-state index in [0.29, 0.717) is 6.42 Å². The number of phenols is 1. The first-order chi connectivity index (χ1) is 14.6. The van der Waals surface area contributed by atoms with Gasteiger partial charge in [0, 0.05) is 5.38 Å². The average Bonchev–Trinajstić information content (AvgIpc) is 3.15. The molecular formula is C20H29N3O6S2. The first-order valence-corrected chi connectivity index (χ1v) is 12.7. The number of nitrogens with one attached hydrogen (secondary N) is 2. The summed E-state index contributed by atoms with van der Waals surface area (Å²) >= 11 is 0.964. The molecule has 0 saturated carbocycles. The maximum atomic E-state index is 12.7. The van der Waals surface area contributed by atoms with Crippen LogP contribution in [0.25, 0.3) is 0 Å². The van der Waals surface area contributed by atoms with E-state index in [4.69, 9.17) is 0 Å². The van der Waals surface area contributed by atoms with Crippen molar-refractivity contribution in [2.75, 3.05) is 11.0 Å². The Kier molecular flexibility index (Phi) is 9.23. The molecule has 0 aliphatic rings. The number of rotatable bonds is 12. The second kappa shape index (κ2) is 11.4. The summed E-state index contributed by atoms with van der Waals surface area (Å²) < 4.78 is 24.9. The van der Waals surface area contributed by atoms with Crippen molar-refractivity contribution in [2.24, 2.45) is 0 Å². The lowest BCUT2D eigenvalue weighted by atomic mass is 9.95. The van der Waals surface area contributed by atoms with Crippen LogP contribution in [0.2, 0.25) is 0 Å². The number of anilines is 1. The molecule has 0 spiro atoms. The molecule has 11 heteroatoms. The van der Waals surface area contributed by atoms with E-state index < -0.39 is 34.2 Å². The summed E-state index contributed by atoms with van der Waals surface area (Å²) in [7, 11) is -3.52. The Morgan fingerprint density at radius 3 is 2.48 bits per heavy atom. The maximum Gasteiger partial charge on any atom is 0.271 e. The van der Waals surface area contributed by atoms with Crippen LogP contribution in [0.3, 0.4) is 0 Å². The minimum absolute atomic E-state index is 0.000436. The number of aliphatic hydroxyl groups excluding tert-OH is 2. The fourth-order valence-electron chi connectivity index (χ4n) is 3.01. The number of hydrogen-bond donors (Lipinski definition) is 5. The maximum absolute atomic E-state index is 12.7. The van der Waals surface area contributed by atoms with Crippen molar-refractivity contribution >= 4 is 32.4 Å². The second-order valence-corrected chi connectivity index (χ2v) is 10.0. The van der Waals surface area contributed by atoms with Gasteiger partial charge in [0.2, 0.25) is 10.0 Å². The largest absolute Gasteiger partial charge is 0.508 e. The first-order valence-electron chi connectivity index (χ1n) is 9.97. The molecule has 9 nitrogen and oxygen atoms in total. The fraction of sp³-hybridized carbons (Fsp3) is 0.500. The monoisotopic (exact) mass is 471 g/mol. The van der Waals surface area contributed by atoms with E-state index in [-0.39, 0.29) is 23.0 Å². The number of sulfonamides is 1. The topological polar surface area (TPSA) is 149 Å². The van der Waals surface area contributed by atoms with Crippen LogP contribution in [-0.4, -0.2) is 59.1 Å². The number of unbranched alkanes of at least 4 members (excludes halogenated alkanes) is 2. The predicted octanol–water partition coefficient (Wildman–Crippen LogP) is 1.86. The summed E-state index contributed by atoms with van der Waals surface area (Å²) in [5, 5.41) is 34.8. The van der Waals surface area contributed by atoms with Gasteiger partial charge < -0.3 is 20.6 Å². The van der Waals surface area contributed by atoms with Crippen LogP contribution in [-0.2, 0) is 16.4 Å². The van der Waals surface area contributed by atoms with Crippen LogP contribution in [0.15, 0.2) is 29.6 Å². The third kappa shape index (κ3) is 8.44. The molecule has 3 atom stereocenters. The van der Waals surface area contributed by atoms with E-state index in [1.165, 1.54) is 17.5 Å².